The van der Waals surface area contributed by atoms with Gasteiger partial charge in [0.05, 0.1) is 11.3 Å². The van der Waals surface area contributed by atoms with E-state index in [2.05, 4.69) is 10.4 Å². The quantitative estimate of drug-likeness (QED) is 0.695. The Kier molecular flexibility index (Phi) is 5.43. The largest absolute Gasteiger partial charge is 0.449 e. The molecule has 0 aliphatic heterocycles. The van der Waals surface area contributed by atoms with Crippen molar-refractivity contribution in [3.8, 4) is 5.69 Å². The van der Waals surface area contributed by atoms with Gasteiger partial charge in [-0.25, -0.2) is 9.48 Å². The van der Waals surface area contributed by atoms with E-state index >= 15 is 0 Å². The van der Waals surface area contributed by atoms with Gasteiger partial charge in [-0.1, -0.05) is 30.3 Å². The number of nitrogens with one attached hydrogen (secondary N) is 1. The maximum Gasteiger partial charge on any atom is 0.338 e. The van der Waals surface area contributed by atoms with Gasteiger partial charge in [-0.2, -0.15) is 5.10 Å². The Morgan fingerprint density at radius 1 is 1.08 bits per heavy atom. The zero-order valence-electron chi connectivity index (χ0n) is 14.3. The molecule has 1 heterocycles. The molecule has 0 spiro atoms. The fourth-order valence-corrected chi connectivity index (χ4v) is 2.38. The Morgan fingerprint density at radius 3 is 2.46 bits per heavy atom. The van der Waals surface area contributed by atoms with Gasteiger partial charge < -0.3 is 10.1 Å². The summed E-state index contributed by atoms with van der Waals surface area (Å²) in [5.74, 6) is -0.880. The highest BCUT2D eigenvalue weighted by Crippen LogP contribution is 2.10. The van der Waals surface area contributed by atoms with Gasteiger partial charge in [0.1, 0.15) is 0 Å². The van der Waals surface area contributed by atoms with Crippen molar-refractivity contribution in [1.82, 2.24) is 15.1 Å². The molecule has 0 bridgehead atoms. The lowest BCUT2D eigenvalue weighted by atomic mass is 10.2. The minimum Gasteiger partial charge on any atom is -0.449 e. The first kappa shape index (κ1) is 17.4. The third kappa shape index (κ3) is 4.36. The molecule has 2 aromatic carbocycles. The second-order valence-electron chi connectivity index (χ2n) is 5.75. The summed E-state index contributed by atoms with van der Waals surface area (Å²) in [6.45, 7) is 1.94. The number of rotatable bonds is 6. The van der Waals surface area contributed by atoms with Crippen molar-refractivity contribution >= 4 is 11.9 Å². The Bertz CT molecular complexity index is 859. The van der Waals surface area contributed by atoms with Crippen LogP contribution in [0.4, 0.5) is 0 Å². The first-order valence-corrected chi connectivity index (χ1v) is 8.26. The van der Waals surface area contributed by atoms with Gasteiger partial charge in [0.2, 0.25) is 0 Å². The topological polar surface area (TPSA) is 73.2 Å². The Hall–Kier alpha value is -3.41. The third-order valence-electron chi connectivity index (χ3n) is 3.83. The van der Waals surface area contributed by atoms with E-state index in [9.17, 15) is 9.59 Å². The Morgan fingerprint density at radius 2 is 1.81 bits per heavy atom. The second kappa shape index (κ2) is 8.11. The highest BCUT2D eigenvalue weighted by molar-refractivity contribution is 5.92. The van der Waals surface area contributed by atoms with Crippen molar-refractivity contribution in [3.05, 3.63) is 84.2 Å². The summed E-state index contributed by atoms with van der Waals surface area (Å²) in [5.41, 5.74) is 2.19. The molecule has 0 aliphatic rings. The molecule has 0 radical (unpaired) electrons. The van der Waals surface area contributed by atoms with Crippen LogP contribution in [0.2, 0.25) is 0 Å². The molecule has 132 valence electrons. The first-order valence-electron chi connectivity index (χ1n) is 8.26. The Labute approximate surface area is 151 Å². The number of benzene rings is 2. The van der Waals surface area contributed by atoms with E-state index in [-0.39, 0.29) is 5.91 Å². The minimum atomic E-state index is -0.878. The van der Waals surface area contributed by atoms with Gasteiger partial charge in [-0.05, 0) is 42.8 Å². The van der Waals surface area contributed by atoms with E-state index in [0.717, 1.165) is 11.3 Å². The molecule has 1 N–H and O–H groups in total. The summed E-state index contributed by atoms with van der Waals surface area (Å²) in [6.07, 6.45) is 2.61. The van der Waals surface area contributed by atoms with Gasteiger partial charge in [0.15, 0.2) is 6.10 Å². The molecule has 6 heteroatoms. The zero-order valence-corrected chi connectivity index (χ0v) is 14.3. The van der Waals surface area contributed by atoms with Crippen LogP contribution in [0.15, 0.2) is 73.1 Å². The fourth-order valence-electron chi connectivity index (χ4n) is 2.38. The van der Waals surface area contributed by atoms with Gasteiger partial charge in [0.25, 0.3) is 5.91 Å². The lowest BCUT2D eigenvalue weighted by molar-refractivity contribution is -0.129. The standard InChI is InChI=1S/C20H19N3O3/c1-15(19(24)21-14-16-6-3-2-4-7-16)26-20(25)17-8-10-18(11-9-17)23-13-5-12-22-23/h2-13,15H,14H2,1H3,(H,21,24). The van der Waals surface area contributed by atoms with Crippen LogP contribution < -0.4 is 5.32 Å². The molecule has 1 aromatic heterocycles. The Balaban J connectivity index is 1.54. The zero-order chi connectivity index (χ0) is 18.4. The predicted octanol–water partition coefficient (Wildman–Crippen LogP) is 2.73. The molecule has 1 unspecified atom stereocenters. The molecule has 26 heavy (non-hydrogen) atoms. The normalized spacial score (nSPS) is 11.6. The van der Waals surface area contributed by atoms with Crippen LogP contribution in [0.5, 0.6) is 0 Å². The summed E-state index contributed by atoms with van der Waals surface area (Å²) in [6, 6.07) is 18.2. The highest BCUT2D eigenvalue weighted by atomic mass is 16.5. The van der Waals surface area contributed by atoms with Crippen LogP contribution in [0.3, 0.4) is 0 Å². The number of nitrogens with zero attached hydrogens (tertiary/aromatic N) is 2. The average molecular weight is 349 g/mol. The van der Waals surface area contributed by atoms with Crippen LogP contribution in [0, 0.1) is 0 Å². The smallest absolute Gasteiger partial charge is 0.338 e. The van der Waals surface area contributed by atoms with Crippen LogP contribution >= 0.6 is 0 Å². The van der Waals surface area contributed by atoms with E-state index in [1.807, 2.05) is 42.6 Å². The average Bonchev–Trinajstić information content (AvgIpc) is 3.21. The minimum absolute atomic E-state index is 0.338. The lowest BCUT2D eigenvalue weighted by Gasteiger charge is -2.14. The highest BCUT2D eigenvalue weighted by Gasteiger charge is 2.18. The first-order chi connectivity index (χ1) is 12.6. The number of carbonyl (C=O) groups is 2. The molecule has 3 aromatic rings. The summed E-state index contributed by atoms with van der Waals surface area (Å²) < 4.78 is 6.93. The van der Waals surface area contributed by atoms with Crippen LogP contribution in [0.1, 0.15) is 22.8 Å². The van der Waals surface area contributed by atoms with Crippen LogP contribution in [0.25, 0.3) is 5.69 Å². The molecule has 6 nitrogen and oxygen atoms in total. The van der Waals surface area contributed by atoms with Crippen molar-refractivity contribution < 1.29 is 14.3 Å². The SMILES string of the molecule is CC(OC(=O)c1ccc(-n2cccn2)cc1)C(=O)NCc1ccccc1. The van der Waals surface area contributed by atoms with Gasteiger partial charge in [0, 0.05) is 18.9 Å². The monoisotopic (exact) mass is 349 g/mol. The molecular weight excluding hydrogens is 330 g/mol. The van der Waals surface area contributed by atoms with Crippen molar-refractivity contribution in [1.29, 1.82) is 0 Å². The number of esters is 1. The van der Waals surface area contributed by atoms with Crippen LogP contribution in [-0.2, 0) is 16.1 Å². The second-order valence-corrected chi connectivity index (χ2v) is 5.75. The maximum absolute atomic E-state index is 12.2. The van der Waals surface area contributed by atoms with Gasteiger partial charge >= 0.3 is 5.97 Å². The van der Waals surface area contributed by atoms with Crippen molar-refractivity contribution in [3.63, 3.8) is 0 Å². The third-order valence-corrected chi connectivity index (χ3v) is 3.83. The fraction of sp³-hybridized carbons (Fsp3) is 0.150. The molecule has 0 fully saturated rings. The molecule has 0 saturated carbocycles. The molecule has 0 aliphatic carbocycles. The van der Waals surface area contributed by atoms with Gasteiger partial charge in [-0.3, -0.25) is 4.79 Å². The molecule has 1 atom stereocenters. The molecule has 0 saturated heterocycles. The number of amides is 1. The number of ether oxygens (including phenoxy) is 1. The summed E-state index contributed by atoms with van der Waals surface area (Å²) in [5, 5.41) is 6.88. The molecular formula is C20H19N3O3. The molecule has 3 rings (SSSR count). The van der Waals surface area contributed by atoms with E-state index < -0.39 is 12.1 Å². The van der Waals surface area contributed by atoms with Gasteiger partial charge in [-0.15, -0.1) is 0 Å². The summed E-state index contributed by atoms with van der Waals surface area (Å²) in [4.78, 5) is 24.3. The van der Waals surface area contributed by atoms with E-state index in [0.29, 0.717) is 12.1 Å². The number of hydrogen-bond donors (Lipinski definition) is 1. The van der Waals surface area contributed by atoms with E-state index in [4.69, 9.17) is 4.74 Å². The van der Waals surface area contributed by atoms with Crippen molar-refractivity contribution in [2.75, 3.05) is 0 Å². The van der Waals surface area contributed by atoms with Crippen LogP contribution in [-0.4, -0.2) is 27.8 Å². The number of hydrogen-bond acceptors (Lipinski definition) is 4. The van der Waals surface area contributed by atoms with E-state index in [1.165, 1.54) is 0 Å². The predicted molar refractivity (Wildman–Crippen MR) is 96.7 cm³/mol. The van der Waals surface area contributed by atoms with E-state index in [1.54, 1.807) is 42.1 Å². The number of aromatic nitrogens is 2. The molecule has 1 amide bonds. The van der Waals surface area contributed by atoms with Crippen molar-refractivity contribution in [2.45, 2.75) is 19.6 Å². The van der Waals surface area contributed by atoms with Crippen molar-refractivity contribution in [2.24, 2.45) is 0 Å². The number of carbonyl (C=O) groups excluding carboxylic acids is 2. The maximum atomic E-state index is 12.2. The summed E-state index contributed by atoms with van der Waals surface area (Å²) >= 11 is 0. The summed E-state index contributed by atoms with van der Waals surface area (Å²) in [7, 11) is 0. The lowest BCUT2D eigenvalue weighted by Crippen LogP contribution is -2.35.